The molecule has 2 unspecified atom stereocenters. The van der Waals surface area contributed by atoms with E-state index in [0.29, 0.717) is 11.5 Å². The van der Waals surface area contributed by atoms with Crippen LogP contribution in [0.4, 0.5) is 8.78 Å². The molecule has 2 atom stereocenters. The van der Waals surface area contributed by atoms with Gasteiger partial charge in [-0.05, 0) is 19.1 Å². The van der Waals surface area contributed by atoms with Crippen LogP contribution >= 0.6 is 11.8 Å². The minimum absolute atomic E-state index is 0.104. The van der Waals surface area contributed by atoms with E-state index in [0.717, 1.165) is 17.8 Å². The van der Waals surface area contributed by atoms with E-state index < -0.39 is 17.7 Å². The third-order valence-electron chi connectivity index (χ3n) is 2.30. The van der Waals surface area contributed by atoms with E-state index in [1.165, 1.54) is 12.1 Å². The van der Waals surface area contributed by atoms with Gasteiger partial charge in [-0.15, -0.1) is 11.8 Å². The number of halogens is 2. The van der Waals surface area contributed by atoms with Gasteiger partial charge in [0, 0.05) is 23.8 Å². The molecule has 0 bridgehead atoms. The van der Waals surface area contributed by atoms with Crippen LogP contribution < -0.4 is 0 Å². The number of methoxy groups -OCH3 is 1. The summed E-state index contributed by atoms with van der Waals surface area (Å²) in [6, 6.07) is 3.37. The average molecular weight is 292 g/mol. The molecule has 0 saturated carbocycles. The van der Waals surface area contributed by atoms with Crippen molar-refractivity contribution in [3.05, 3.63) is 29.8 Å². The summed E-state index contributed by atoms with van der Waals surface area (Å²) in [5, 5.41) is 9.69. The lowest BCUT2D eigenvalue weighted by Gasteiger charge is -2.15. The quantitative estimate of drug-likeness (QED) is 0.747. The molecule has 1 N–H and O–H groups in total. The number of thioether (sulfide) groups is 1. The third kappa shape index (κ3) is 6.33. The molecule has 0 aliphatic rings. The predicted molar refractivity (Wildman–Crippen MR) is 70.4 cm³/mol. The van der Waals surface area contributed by atoms with Crippen molar-refractivity contribution < 1.29 is 23.4 Å². The van der Waals surface area contributed by atoms with Crippen LogP contribution in [0.2, 0.25) is 0 Å². The summed E-state index contributed by atoms with van der Waals surface area (Å²) in [6.07, 6.45) is -0.819. The van der Waals surface area contributed by atoms with Gasteiger partial charge in [0.2, 0.25) is 0 Å². The van der Waals surface area contributed by atoms with E-state index in [9.17, 15) is 13.9 Å². The lowest BCUT2D eigenvalue weighted by molar-refractivity contribution is -0.0257. The minimum atomic E-state index is -0.714. The summed E-state index contributed by atoms with van der Waals surface area (Å²) < 4.78 is 36.3. The number of benzene rings is 1. The van der Waals surface area contributed by atoms with Crippen LogP contribution in [0.3, 0.4) is 0 Å². The maximum Gasteiger partial charge on any atom is 0.139 e. The zero-order valence-corrected chi connectivity index (χ0v) is 11.8. The smallest absolute Gasteiger partial charge is 0.139 e. The zero-order valence-electron chi connectivity index (χ0n) is 10.9. The second-order valence-corrected chi connectivity index (χ2v) is 5.20. The molecule has 0 amide bonds. The largest absolute Gasteiger partial charge is 0.390 e. The molecule has 0 radical (unpaired) electrons. The Balaban J connectivity index is 2.31. The van der Waals surface area contributed by atoms with E-state index in [1.54, 1.807) is 7.11 Å². The Bertz CT molecular complexity index is 390. The van der Waals surface area contributed by atoms with Crippen molar-refractivity contribution in [2.75, 3.05) is 26.1 Å². The first-order valence-electron chi connectivity index (χ1n) is 5.89. The lowest BCUT2D eigenvalue weighted by atomic mass is 10.3. The first kappa shape index (κ1) is 16.4. The van der Waals surface area contributed by atoms with Crippen molar-refractivity contribution in [2.45, 2.75) is 24.0 Å². The van der Waals surface area contributed by atoms with Gasteiger partial charge in [-0.25, -0.2) is 8.78 Å². The molecule has 19 heavy (non-hydrogen) atoms. The van der Waals surface area contributed by atoms with Gasteiger partial charge >= 0.3 is 0 Å². The molecule has 1 aromatic rings. The van der Waals surface area contributed by atoms with Gasteiger partial charge in [-0.2, -0.15) is 0 Å². The monoisotopic (exact) mass is 292 g/mol. The molecule has 0 heterocycles. The average Bonchev–Trinajstić information content (AvgIpc) is 2.35. The van der Waals surface area contributed by atoms with Crippen LogP contribution in [0.15, 0.2) is 23.1 Å². The van der Waals surface area contributed by atoms with Crippen LogP contribution in [0.1, 0.15) is 6.92 Å². The van der Waals surface area contributed by atoms with Crippen molar-refractivity contribution in [2.24, 2.45) is 0 Å². The van der Waals surface area contributed by atoms with Crippen molar-refractivity contribution in [1.29, 1.82) is 0 Å². The number of aliphatic hydroxyl groups is 1. The second kappa shape index (κ2) is 8.47. The molecule has 0 aliphatic heterocycles. The first-order chi connectivity index (χ1) is 9.02. The van der Waals surface area contributed by atoms with Crippen LogP contribution in [0.25, 0.3) is 0 Å². The topological polar surface area (TPSA) is 38.7 Å². The lowest BCUT2D eigenvalue weighted by Crippen LogP contribution is -2.24. The Morgan fingerprint density at radius 2 is 2.05 bits per heavy atom. The summed E-state index contributed by atoms with van der Waals surface area (Å²) in [5.74, 6) is -0.951. The van der Waals surface area contributed by atoms with Crippen molar-refractivity contribution in [3.8, 4) is 0 Å². The van der Waals surface area contributed by atoms with E-state index in [2.05, 4.69) is 0 Å². The summed E-state index contributed by atoms with van der Waals surface area (Å²) in [7, 11) is 1.57. The van der Waals surface area contributed by atoms with Gasteiger partial charge in [0.15, 0.2) is 0 Å². The number of hydrogen-bond donors (Lipinski definition) is 1. The zero-order chi connectivity index (χ0) is 14.3. The fourth-order valence-corrected chi connectivity index (χ4v) is 2.21. The molecule has 3 nitrogen and oxygen atoms in total. The van der Waals surface area contributed by atoms with E-state index in [4.69, 9.17) is 9.47 Å². The van der Waals surface area contributed by atoms with Gasteiger partial charge in [0.25, 0.3) is 0 Å². The Kier molecular flexibility index (Phi) is 7.30. The molecule has 0 aromatic heterocycles. The number of rotatable bonds is 8. The molecule has 0 spiro atoms. The number of aliphatic hydroxyl groups excluding tert-OH is 1. The summed E-state index contributed by atoms with van der Waals surface area (Å²) in [4.78, 5) is 0.311. The fourth-order valence-electron chi connectivity index (χ4n) is 1.38. The van der Waals surface area contributed by atoms with Gasteiger partial charge in [-0.3, -0.25) is 0 Å². The maximum atomic E-state index is 13.3. The van der Waals surface area contributed by atoms with E-state index in [-0.39, 0.29) is 18.5 Å². The summed E-state index contributed by atoms with van der Waals surface area (Å²) in [5.41, 5.74) is 0. The normalized spacial score (nSPS) is 14.4. The molecule has 0 saturated heterocycles. The van der Waals surface area contributed by atoms with Gasteiger partial charge < -0.3 is 14.6 Å². The SMILES string of the molecule is COCC(C)OCC(O)CSc1ccc(F)cc1F. The van der Waals surface area contributed by atoms with E-state index >= 15 is 0 Å². The van der Waals surface area contributed by atoms with Crippen LogP contribution in [0.5, 0.6) is 0 Å². The van der Waals surface area contributed by atoms with Gasteiger partial charge in [-0.1, -0.05) is 0 Å². The van der Waals surface area contributed by atoms with Crippen LogP contribution in [-0.2, 0) is 9.47 Å². The van der Waals surface area contributed by atoms with Gasteiger partial charge in [0.05, 0.1) is 25.4 Å². The highest BCUT2D eigenvalue weighted by Gasteiger charge is 2.11. The third-order valence-corrected chi connectivity index (χ3v) is 3.49. The Hall–Kier alpha value is -0.690. The van der Waals surface area contributed by atoms with Crippen LogP contribution in [-0.4, -0.2) is 43.4 Å². The number of ether oxygens (including phenoxy) is 2. The molecule has 1 aromatic carbocycles. The standard InChI is InChI=1S/C13H18F2O3S/c1-9(6-17-2)18-7-11(16)8-19-13-4-3-10(14)5-12(13)15/h3-5,9,11,16H,6-8H2,1-2H3. The summed E-state index contributed by atoms with van der Waals surface area (Å²) >= 11 is 1.13. The second-order valence-electron chi connectivity index (χ2n) is 4.14. The fraction of sp³-hybridized carbons (Fsp3) is 0.538. The first-order valence-corrected chi connectivity index (χ1v) is 6.88. The molecule has 0 fully saturated rings. The summed E-state index contributed by atoms with van der Waals surface area (Å²) in [6.45, 7) is 2.44. The Morgan fingerprint density at radius 1 is 1.32 bits per heavy atom. The molecule has 108 valence electrons. The molecular weight excluding hydrogens is 274 g/mol. The molecular formula is C13H18F2O3S. The maximum absolute atomic E-state index is 13.3. The highest BCUT2D eigenvalue weighted by molar-refractivity contribution is 7.99. The van der Waals surface area contributed by atoms with Crippen molar-refractivity contribution in [3.63, 3.8) is 0 Å². The molecule has 0 aliphatic carbocycles. The van der Waals surface area contributed by atoms with Crippen molar-refractivity contribution in [1.82, 2.24) is 0 Å². The van der Waals surface area contributed by atoms with Gasteiger partial charge in [0.1, 0.15) is 11.6 Å². The van der Waals surface area contributed by atoms with Crippen molar-refractivity contribution >= 4 is 11.8 Å². The molecule has 6 heteroatoms. The highest BCUT2D eigenvalue weighted by atomic mass is 32.2. The van der Waals surface area contributed by atoms with E-state index in [1.807, 2.05) is 6.92 Å². The molecule has 1 rings (SSSR count). The minimum Gasteiger partial charge on any atom is -0.390 e. The predicted octanol–water partition coefficient (Wildman–Crippen LogP) is 2.47. The number of hydrogen-bond acceptors (Lipinski definition) is 4. The Labute approximate surface area is 115 Å². The highest BCUT2D eigenvalue weighted by Crippen LogP contribution is 2.23. The Morgan fingerprint density at radius 3 is 2.68 bits per heavy atom. The van der Waals surface area contributed by atoms with Crippen LogP contribution in [0, 0.1) is 11.6 Å².